The van der Waals surface area contributed by atoms with Crippen LogP contribution in [0.15, 0.2) is 41.8 Å². The molecule has 0 bridgehead atoms. The van der Waals surface area contributed by atoms with Crippen LogP contribution in [0.4, 0.5) is 4.39 Å². The van der Waals surface area contributed by atoms with Crippen molar-refractivity contribution in [1.29, 1.82) is 0 Å². The van der Waals surface area contributed by atoms with Gasteiger partial charge in [-0.25, -0.2) is 4.39 Å². The molecule has 0 aliphatic heterocycles. The van der Waals surface area contributed by atoms with Crippen molar-refractivity contribution in [2.75, 3.05) is 0 Å². The summed E-state index contributed by atoms with van der Waals surface area (Å²) in [6.07, 6.45) is 0.384. The number of hydrogen-bond acceptors (Lipinski definition) is 3. The lowest BCUT2D eigenvalue weighted by Crippen LogP contribution is -2.52. The summed E-state index contributed by atoms with van der Waals surface area (Å²) >= 11 is 1.58. The van der Waals surface area contributed by atoms with Gasteiger partial charge in [-0.3, -0.25) is 10.1 Å². The zero-order chi connectivity index (χ0) is 14.6. The summed E-state index contributed by atoms with van der Waals surface area (Å²) in [5, 5.41) is 5.09. The number of nitrogens with one attached hydrogen (secondary N) is 1. The summed E-state index contributed by atoms with van der Waals surface area (Å²) in [6, 6.07) is 10.1. The lowest BCUT2D eigenvalue weighted by atomic mass is 9.86. The van der Waals surface area contributed by atoms with Crippen LogP contribution in [-0.4, -0.2) is 5.91 Å². The number of amides is 1. The number of halogens is 1. The normalized spacial score (nSPS) is 13.9. The summed E-state index contributed by atoms with van der Waals surface area (Å²) in [7, 11) is 0. The fourth-order valence-electron chi connectivity index (χ4n) is 2.26. The van der Waals surface area contributed by atoms with E-state index in [1.54, 1.807) is 29.5 Å². The molecular weight excluding hydrogens is 275 g/mol. The van der Waals surface area contributed by atoms with Crippen molar-refractivity contribution >= 4 is 17.2 Å². The van der Waals surface area contributed by atoms with E-state index in [1.807, 2.05) is 24.4 Å². The van der Waals surface area contributed by atoms with E-state index in [0.717, 1.165) is 4.88 Å². The summed E-state index contributed by atoms with van der Waals surface area (Å²) < 4.78 is 14.1. The molecule has 2 aromatic rings. The van der Waals surface area contributed by atoms with E-state index in [2.05, 4.69) is 5.32 Å². The molecule has 3 N–H and O–H groups in total. The van der Waals surface area contributed by atoms with Crippen LogP contribution >= 0.6 is 11.3 Å². The SMILES string of the molecule is CCC(NCc1cccs1)(C(N)=O)c1ccccc1F. The van der Waals surface area contributed by atoms with Gasteiger partial charge in [0, 0.05) is 17.0 Å². The predicted octanol–water partition coefficient (Wildman–Crippen LogP) is 2.77. The summed E-state index contributed by atoms with van der Waals surface area (Å²) in [5.41, 5.74) is 4.67. The Balaban J connectivity index is 2.35. The topological polar surface area (TPSA) is 55.1 Å². The molecule has 1 atom stereocenters. The average molecular weight is 292 g/mol. The molecule has 0 radical (unpaired) electrons. The molecule has 0 fully saturated rings. The van der Waals surface area contributed by atoms with Gasteiger partial charge in [-0.15, -0.1) is 11.3 Å². The number of rotatable bonds is 6. The third-order valence-corrected chi connectivity index (χ3v) is 4.31. The van der Waals surface area contributed by atoms with E-state index in [0.29, 0.717) is 18.5 Å². The Morgan fingerprint density at radius 1 is 1.35 bits per heavy atom. The summed E-state index contributed by atoms with van der Waals surface area (Å²) in [6.45, 7) is 2.29. The standard InChI is InChI=1S/C15H17FN2OS/c1-2-15(14(17)19,12-7-3-4-8-13(12)16)18-10-11-6-5-9-20-11/h3-9,18H,2,10H2,1H3,(H2,17,19). The first-order chi connectivity index (χ1) is 9.60. The highest BCUT2D eigenvalue weighted by atomic mass is 32.1. The predicted molar refractivity (Wildman–Crippen MR) is 78.7 cm³/mol. The van der Waals surface area contributed by atoms with Gasteiger partial charge in [0.2, 0.25) is 5.91 Å². The van der Waals surface area contributed by atoms with E-state index < -0.39 is 17.3 Å². The first kappa shape index (κ1) is 14.7. The van der Waals surface area contributed by atoms with Crippen molar-refractivity contribution in [3.05, 3.63) is 58.0 Å². The van der Waals surface area contributed by atoms with Gasteiger partial charge in [-0.05, 0) is 23.9 Å². The molecule has 3 nitrogen and oxygen atoms in total. The van der Waals surface area contributed by atoms with E-state index in [1.165, 1.54) is 6.07 Å². The molecule has 0 aliphatic rings. The van der Waals surface area contributed by atoms with Crippen molar-refractivity contribution in [2.45, 2.75) is 25.4 Å². The lowest BCUT2D eigenvalue weighted by Gasteiger charge is -2.31. The zero-order valence-corrected chi connectivity index (χ0v) is 12.0. The van der Waals surface area contributed by atoms with Crippen LogP contribution in [0.25, 0.3) is 0 Å². The quantitative estimate of drug-likeness (QED) is 0.860. The second-order valence-electron chi connectivity index (χ2n) is 4.54. The number of hydrogen-bond donors (Lipinski definition) is 2. The molecule has 0 spiro atoms. The minimum Gasteiger partial charge on any atom is -0.368 e. The third-order valence-electron chi connectivity index (χ3n) is 3.43. The molecule has 1 aromatic carbocycles. The van der Waals surface area contributed by atoms with Crippen LogP contribution in [0.3, 0.4) is 0 Å². The van der Waals surface area contributed by atoms with Crippen LogP contribution in [0.1, 0.15) is 23.8 Å². The highest BCUT2D eigenvalue weighted by molar-refractivity contribution is 7.09. The molecule has 1 unspecified atom stereocenters. The van der Waals surface area contributed by atoms with E-state index in [4.69, 9.17) is 5.73 Å². The highest BCUT2D eigenvalue weighted by Crippen LogP contribution is 2.28. The molecule has 20 heavy (non-hydrogen) atoms. The van der Waals surface area contributed by atoms with Gasteiger partial charge < -0.3 is 5.73 Å². The maximum absolute atomic E-state index is 14.1. The average Bonchev–Trinajstić information content (AvgIpc) is 2.94. The number of primary amides is 1. The molecule has 1 amide bonds. The Kier molecular flexibility index (Phi) is 4.52. The minimum absolute atomic E-state index is 0.298. The fourth-order valence-corrected chi connectivity index (χ4v) is 2.91. The first-order valence-electron chi connectivity index (χ1n) is 6.42. The van der Waals surface area contributed by atoms with Crippen molar-refractivity contribution in [3.63, 3.8) is 0 Å². The third kappa shape index (κ3) is 2.73. The van der Waals surface area contributed by atoms with Crippen LogP contribution in [0, 0.1) is 5.82 Å². The van der Waals surface area contributed by atoms with Crippen molar-refractivity contribution in [1.82, 2.24) is 5.32 Å². The molecular formula is C15H17FN2OS. The highest BCUT2D eigenvalue weighted by Gasteiger charge is 2.38. The lowest BCUT2D eigenvalue weighted by molar-refractivity contribution is -0.125. The Bertz CT molecular complexity index is 585. The number of thiophene rings is 1. The van der Waals surface area contributed by atoms with Crippen LogP contribution in [-0.2, 0) is 16.9 Å². The Hall–Kier alpha value is -1.72. The number of carbonyl (C=O) groups excluding carboxylic acids is 1. The molecule has 2 rings (SSSR count). The van der Waals surface area contributed by atoms with Gasteiger partial charge in [0.05, 0.1) is 0 Å². The van der Waals surface area contributed by atoms with Crippen molar-refractivity contribution in [3.8, 4) is 0 Å². The maximum atomic E-state index is 14.1. The second-order valence-corrected chi connectivity index (χ2v) is 5.57. The van der Waals surface area contributed by atoms with Gasteiger partial charge in [0.15, 0.2) is 0 Å². The second kappa shape index (κ2) is 6.15. The number of benzene rings is 1. The number of carbonyl (C=O) groups is 1. The zero-order valence-electron chi connectivity index (χ0n) is 11.2. The number of nitrogens with two attached hydrogens (primary N) is 1. The maximum Gasteiger partial charge on any atom is 0.242 e. The van der Waals surface area contributed by atoms with Crippen molar-refractivity contribution in [2.24, 2.45) is 5.73 Å². The Morgan fingerprint density at radius 2 is 2.10 bits per heavy atom. The van der Waals surface area contributed by atoms with E-state index >= 15 is 0 Å². The van der Waals surface area contributed by atoms with Gasteiger partial charge >= 0.3 is 0 Å². The molecule has 5 heteroatoms. The smallest absolute Gasteiger partial charge is 0.242 e. The molecule has 0 aliphatic carbocycles. The monoisotopic (exact) mass is 292 g/mol. The van der Waals surface area contributed by atoms with Gasteiger partial charge in [-0.1, -0.05) is 31.2 Å². The summed E-state index contributed by atoms with van der Waals surface area (Å²) in [4.78, 5) is 13.0. The van der Waals surface area contributed by atoms with Gasteiger partial charge in [-0.2, -0.15) is 0 Å². The van der Waals surface area contributed by atoms with Gasteiger partial charge in [0.1, 0.15) is 11.4 Å². The van der Waals surface area contributed by atoms with Crippen LogP contribution in [0.5, 0.6) is 0 Å². The van der Waals surface area contributed by atoms with E-state index in [9.17, 15) is 9.18 Å². The summed E-state index contributed by atoms with van der Waals surface area (Å²) in [5.74, 6) is -0.992. The van der Waals surface area contributed by atoms with Gasteiger partial charge in [0.25, 0.3) is 0 Å². The Labute approximate surface area is 121 Å². The minimum atomic E-state index is -1.19. The van der Waals surface area contributed by atoms with Crippen molar-refractivity contribution < 1.29 is 9.18 Å². The van der Waals surface area contributed by atoms with Crippen LogP contribution in [0.2, 0.25) is 0 Å². The molecule has 106 valence electrons. The van der Waals surface area contributed by atoms with Crippen LogP contribution < -0.4 is 11.1 Å². The Morgan fingerprint density at radius 3 is 2.65 bits per heavy atom. The first-order valence-corrected chi connectivity index (χ1v) is 7.30. The van der Waals surface area contributed by atoms with E-state index in [-0.39, 0.29) is 0 Å². The molecule has 0 saturated carbocycles. The molecule has 1 heterocycles. The molecule has 0 saturated heterocycles. The fraction of sp³-hybridized carbons (Fsp3) is 0.267. The molecule has 1 aromatic heterocycles. The largest absolute Gasteiger partial charge is 0.368 e.